The van der Waals surface area contributed by atoms with Gasteiger partial charge in [0.1, 0.15) is 6.04 Å². The van der Waals surface area contributed by atoms with Gasteiger partial charge in [-0.1, -0.05) is 0 Å². The van der Waals surface area contributed by atoms with E-state index >= 15 is 0 Å². The summed E-state index contributed by atoms with van der Waals surface area (Å²) in [5.74, 6) is -0.143. The SMILES string of the molecule is COC(=O)[C@@H]1CCCN(C)N1I. The summed E-state index contributed by atoms with van der Waals surface area (Å²) in [6.07, 6.45) is 1.94. The summed E-state index contributed by atoms with van der Waals surface area (Å²) in [4.78, 5) is 11.2. The summed E-state index contributed by atoms with van der Waals surface area (Å²) in [7, 11) is 3.41. The molecule has 1 fully saturated rings. The van der Waals surface area contributed by atoms with E-state index in [1.54, 1.807) is 0 Å². The first-order valence-corrected chi connectivity index (χ1v) is 4.87. The van der Waals surface area contributed by atoms with E-state index in [4.69, 9.17) is 4.74 Å². The smallest absolute Gasteiger partial charge is 0.325 e. The number of rotatable bonds is 1. The average molecular weight is 284 g/mol. The lowest BCUT2D eigenvalue weighted by atomic mass is 10.1. The van der Waals surface area contributed by atoms with Gasteiger partial charge in [0, 0.05) is 36.5 Å². The monoisotopic (exact) mass is 284 g/mol. The Balaban J connectivity index is 2.57. The zero-order valence-corrected chi connectivity index (χ0v) is 9.45. The second kappa shape index (κ2) is 4.38. The van der Waals surface area contributed by atoms with Crippen LogP contribution in [0.4, 0.5) is 0 Å². The fourth-order valence-electron chi connectivity index (χ4n) is 1.29. The molecule has 0 aromatic heterocycles. The van der Waals surface area contributed by atoms with Crippen molar-refractivity contribution in [2.75, 3.05) is 20.7 Å². The van der Waals surface area contributed by atoms with Gasteiger partial charge in [-0.05, 0) is 12.8 Å². The van der Waals surface area contributed by atoms with Crippen molar-refractivity contribution in [2.45, 2.75) is 18.9 Å². The van der Waals surface area contributed by atoms with Crippen LogP contribution in [0.25, 0.3) is 0 Å². The fraction of sp³-hybridized carbons (Fsp3) is 0.857. The molecule has 1 saturated heterocycles. The maximum Gasteiger partial charge on any atom is 0.325 e. The molecule has 0 aromatic carbocycles. The normalized spacial score (nSPS) is 27.1. The molecule has 0 bridgehead atoms. The second-order valence-corrected chi connectivity index (χ2v) is 3.84. The van der Waals surface area contributed by atoms with Crippen LogP contribution in [-0.4, -0.2) is 40.9 Å². The molecule has 1 rings (SSSR count). The largest absolute Gasteiger partial charge is 0.468 e. The minimum Gasteiger partial charge on any atom is -0.468 e. The van der Waals surface area contributed by atoms with Crippen LogP contribution in [0.1, 0.15) is 12.8 Å². The van der Waals surface area contributed by atoms with Gasteiger partial charge in [-0.2, -0.15) is 3.22 Å². The van der Waals surface area contributed by atoms with E-state index in [0.29, 0.717) is 0 Å². The van der Waals surface area contributed by atoms with Crippen molar-refractivity contribution in [1.29, 1.82) is 0 Å². The third-order valence-electron chi connectivity index (χ3n) is 2.02. The topological polar surface area (TPSA) is 32.8 Å². The summed E-state index contributed by atoms with van der Waals surface area (Å²) in [5, 5.41) is 2.03. The summed E-state index contributed by atoms with van der Waals surface area (Å²) < 4.78 is 6.61. The van der Waals surface area contributed by atoms with Crippen LogP contribution in [0.2, 0.25) is 0 Å². The number of halogens is 1. The molecule has 5 heteroatoms. The molecule has 0 saturated carbocycles. The summed E-state index contributed by atoms with van der Waals surface area (Å²) >= 11 is 2.14. The quantitative estimate of drug-likeness (QED) is 0.405. The van der Waals surface area contributed by atoms with Crippen LogP contribution in [-0.2, 0) is 9.53 Å². The lowest BCUT2D eigenvalue weighted by Gasteiger charge is -2.35. The van der Waals surface area contributed by atoms with Gasteiger partial charge in [0.25, 0.3) is 0 Å². The van der Waals surface area contributed by atoms with Crippen molar-refractivity contribution in [3.8, 4) is 0 Å². The Hall–Kier alpha value is 0.120. The van der Waals surface area contributed by atoms with Crippen LogP contribution < -0.4 is 0 Å². The lowest BCUT2D eigenvalue weighted by Crippen LogP contribution is -2.48. The number of carbonyl (C=O) groups is 1. The molecule has 0 aromatic rings. The Morgan fingerprint density at radius 2 is 2.33 bits per heavy atom. The Morgan fingerprint density at radius 3 is 2.92 bits per heavy atom. The first-order chi connectivity index (χ1) is 5.66. The minimum absolute atomic E-state index is 0.102. The van der Waals surface area contributed by atoms with E-state index in [2.05, 4.69) is 22.9 Å². The highest BCUT2D eigenvalue weighted by Gasteiger charge is 2.31. The standard InChI is InChI=1S/C7H13IN2O2/c1-9-5-3-4-6(10(9)8)7(11)12-2/h6H,3-5H2,1-2H3/t6-/m0/s1. The number of methoxy groups -OCH3 is 1. The first-order valence-electron chi connectivity index (χ1n) is 3.90. The van der Waals surface area contributed by atoms with Crippen LogP contribution in [0.5, 0.6) is 0 Å². The van der Waals surface area contributed by atoms with Gasteiger partial charge in [-0.25, -0.2) is 5.01 Å². The maximum atomic E-state index is 11.2. The van der Waals surface area contributed by atoms with Crippen molar-refractivity contribution in [3.63, 3.8) is 0 Å². The number of nitrogens with zero attached hydrogens (tertiary/aromatic N) is 2. The molecular formula is C7H13IN2O2. The van der Waals surface area contributed by atoms with E-state index in [1.165, 1.54) is 7.11 Å². The van der Waals surface area contributed by atoms with E-state index in [1.807, 2.05) is 15.3 Å². The molecule has 1 aliphatic rings. The Bertz CT molecular complexity index is 177. The second-order valence-electron chi connectivity index (χ2n) is 2.85. The van der Waals surface area contributed by atoms with Gasteiger partial charge in [0.2, 0.25) is 0 Å². The van der Waals surface area contributed by atoms with Gasteiger partial charge in [-0.15, -0.1) is 0 Å². The van der Waals surface area contributed by atoms with Crippen LogP contribution >= 0.6 is 22.9 Å². The van der Waals surface area contributed by atoms with Gasteiger partial charge in [0.05, 0.1) is 7.11 Å². The van der Waals surface area contributed by atoms with Crippen molar-refractivity contribution in [2.24, 2.45) is 0 Å². The van der Waals surface area contributed by atoms with Crippen LogP contribution in [0.15, 0.2) is 0 Å². The number of hydrogen-bond acceptors (Lipinski definition) is 4. The zero-order chi connectivity index (χ0) is 9.14. The molecule has 0 spiro atoms. The number of carbonyl (C=O) groups excluding carboxylic acids is 1. The van der Waals surface area contributed by atoms with Crippen molar-refractivity contribution < 1.29 is 9.53 Å². The summed E-state index contributed by atoms with van der Waals surface area (Å²) in [5.41, 5.74) is 0. The van der Waals surface area contributed by atoms with Crippen molar-refractivity contribution in [1.82, 2.24) is 8.23 Å². The molecule has 0 aliphatic carbocycles. The van der Waals surface area contributed by atoms with Gasteiger partial charge in [-0.3, -0.25) is 4.79 Å². The number of ether oxygens (including phenoxy) is 1. The predicted molar refractivity (Wildman–Crippen MR) is 53.5 cm³/mol. The Labute approximate surface area is 86.3 Å². The summed E-state index contributed by atoms with van der Waals surface area (Å²) in [6, 6.07) is -0.102. The number of esters is 1. The molecule has 12 heavy (non-hydrogen) atoms. The molecule has 0 unspecified atom stereocenters. The maximum absolute atomic E-state index is 11.2. The van der Waals surface area contributed by atoms with E-state index in [9.17, 15) is 4.79 Å². The molecule has 0 radical (unpaired) electrons. The number of hydrogen-bond donors (Lipinski definition) is 0. The molecule has 1 atom stereocenters. The van der Waals surface area contributed by atoms with Crippen LogP contribution in [0, 0.1) is 0 Å². The molecule has 4 nitrogen and oxygen atoms in total. The molecule has 0 amide bonds. The first kappa shape index (κ1) is 10.2. The predicted octanol–water partition coefficient (Wildman–Crippen LogP) is 0.821. The Kier molecular flexibility index (Phi) is 3.73. The minimum atomic E-state index is -0.143. The van der Waals surface area contributed by atoms with Gasteiger partial charge >= 0.3 is 5.97 Å². The molecule has 1 aliphatic heterocycles. The van der Waals surface area contributed by atoms with Crippen molar-refractivity contribution >= 4 is 28.8 Å². The molecule has 70 valence electrons. The molecular weight excluding hydrogens is 271 g/mol. The van der Waals surface area contributed by atoms with Gasteiger partial charge < -0.3 is 4.74 Å². The molecule has 1 heterocycles. The zero-order valence-electron chi connectivity index (χ0n) is 7.29. The highest BCUT2D eigenvalue weighted by Crippen LogP contribution is 2.21. The third-order valence-corrected chi connectivity index (χ3v) is 3.42. The van der Waals surface area contributed by atoms with E-state index < -0.39 is 0 Å². The van der Waals surface area contributed by atoms with E-state index in [-0.39, 0.29) is 12.0 Å². The average Bonchev–Trinajstić information content (AvgIpc) is 2.08. The van der Waals surface area contributed by atoms with Crippen LogP contribution in [0.3, 0.4) is 0 Å². The third kappa shape index (κ3) is 2.08. The fourth-order valence-corrected chi connectivity index (χ4v) is 2.02. The summed E-state index contributed by atoms with van der Waals surface area (Å²) in [6.45, 7) is 1.01. The van der Waals surface area contributed by atoms with E-state index in [0.717, 1.165) is 19.4 Å². The van der Waals surface area contributed by atoms with Gasteiger partial charge in [0.15, 0.2) is 0 Å². The highest BCUT2D eigenvalue weighted by molar-refractivity contribution is 14.1. The Morgan fingerprint density at radius 1 is 1.67 bits per heavy atom. The highest BCUT2D eigenvalue weighted by atomic mass is 127. The lowest BCUT2D eigenvalue weighted by molar-refractivity contribution is -0.150. The molecule has 0 N–H and O–H groups in total. The number of hydrazine groups is 1. The van der Waals surface area contributed by atoms with Crippen molar-refractivity contribution in [3.05, 3.63) is 0 Å².